The fourth-order valence-electron chi connectivity index (χ4n) is 1.18. The molecule has 90 valence electrons. The Morgan fingerprint density at radius 1 is 1.24 bits per heavy atom. The van der Waals surface area contributed by atoms with E-state index < -0.39 is 11.7 Å². The van der Waals surface area contributed by atoms with Crippen molar-refractivity contribution in [3.8, 4) is 0 Å². The van der Waals surface area contributed by atoms with Gasteiger partial charge in [-0.05, 0) is 29.6 Å². The van der Waals surface area contributed by atoms with E-state index in [1.54, 1.807) is 12.2 Å². The van der Waals surface area contributed by atoms with Crippen LogP contribution in [0.4, 0.5) is 13.2 Å². The lowest BCUT2D eigenvalue weighted by atomic mass is 10.1. The molecular formula is C11H10F3N3. The molecule has 0 aliphatic carbocycles. The second kappa shape index (κ2) is 5.96. The lowest BCUT2D eigenvalue weighted by Crippen LogP contribution is -2.03. The molecule has 0 spiro atoms. The standard InChI is InChI=1S/C11H10F3N3/c12-11(13,14)10-6-4-9(5-7-10)3-1-2-8-16-17-15/h1,3-7H,2,8H2. The molecule has 0 saturated heterocycles. The molecule has 0 amide bonds. The number of alkyl halides is 3. The van der Waals surface area contributed by atoms with E-state index in [2.05, 4.69) is 10.0 Å². The van der Waals surface area contributed by atoms with Crippen LogP contribution in [-0.2, 0) is 6.18 Å². The minimum atomic E-state index is -4.30. The lowest BCUT2D eigenvalue weighted by Gasteiger charge is -2.05. The van der Waals surface area contributed by atoms with Gasteiger partial charge in [0.2, 0.25) is 0 Å². The highest BCUT2D eigenvalue weighted by atomic mass is 19.4. The van der Waals surface area contributed by atoms with Crippen LogP contribution in [0.1, 0.15) is 17.5 Å². The van der Waals surface area contributed by atoms with Crippen molar-refractivity contribution < 1.29 is 13.2 Å². The zero-order valence-corrected chi connectivity index (χ0v) is 8.85. The van der Waals surface area contributed by atoms with Crippen molar-refractivity contribution in [3.63, 3.8) is 0 Å². The molecule has 0 aromatic heterocycles. The molecule has 0 unspecified atom stereocenters. The van der Waals surface area contributed by atoms with Crippen molar-refractivity contribution in [1.82, 2.24) is 0 Å². The quantitative estimate of drug-likeness (QED) is 0.324. The molecule has 0 radical (unpaired) electrons. The third-order valence-electron chi connectivity index (χ3n) is 2.01. The van der Waals surface area contributed by atoms with E-state index in [1.165, 1.54) is 12.1 Å². The van der Waals surface area contributed by atoms with Gasteiger partial charge in [0.15, 0.2) is 0 Å². The van der Waals surface area contributed by atoms with Crippen molar-refractivity contribution in [2.24, 2.45) is 5.11 Å². The largest absolute Gasteiger partial charge is 0.416 e. The monoisotopic (exact) mass is 241 g/mol. The zero-order valence-electron chi connectivity index (χ0n) is 8.85. The molecule has 0 fully saturated rings. The van der Waals surface area contributed by atoms with E-state index in [4.69, 9.17) is 5.53 Å². The third-order valence-corrected chi connectivity index (χ3v) is 2.01. The molecule has 0 aliphatic rings. The van der Waals surface area contributed by atoms with Crippen LogP contribution in [0.25, 0.3) is 16.5 Å². The van der Waals surface area contributed by atoms with Crippen LogP contribution < -0.4 is 0 Å². The topological polar surface area (TPSA) is 48.8 Å². The number of hydrogen-bond acceptors (Lipinski definition) is 1. The fourth-order valence-corrected chi connectivity index (χ4v) is 1.18. The van der Waals surface area contributed by atoms with Crippen LogP contribution in [0.15, 0.2) is 35.5 Å². The Bertz CT molecular complexity index is 428. The van der Waals surface area contributed by atoms with Crippen molar-refractivity contribution in [2.75, 3.05) is 6.54 Å². The van der Waals surface area contributed by atoms with Gasteiger partial charge in [-0.25, -0.2) is 0 Å². The average molecular weight is 241 g/mol. The van der Waals surface area contributed by atoms with Gasteiger partial charge >= 0.3 is 6.18 Å². The highest BCUT2D eigenvalue weighted by molar-refractivity contribution is 5.49. The Labute approximate surface area is 96.2 Å². The number of nitrogens with zero attached hydrogens (tertiary/aromatic N) is 3. The summed E-state index contributed by atoms with van der Waals surface area (Å²) in [6, 6.07) is 4.86. The Hall–Kier alpha value is -1.94. The highest BCUT2D eigenvalue weighted by Crippen LogP contribution is 2.29. The number of rotatable bonds is 4. The molecule has 0 atom stereocenters. The minimum absolute atomic E-state index is 0.341. The number of halogens is 3. The van der Waals surface area contributed by atoms with Crippen LogP contribution in [0.2, 0.25) is 0 Å². The Kier molecular flexibility index (Phi) is 4.60. The van der Waals surface area contributed by atoms with E-state index in [0.717, 1.165) is 12.1 Å². The highest BCUT2D eigenvalue weighted by Gasteiger charge is 2.29. The molecule has 17 heavy (non-hydrogen) atoms. The summed E-state index contributed by atoms with van der Waals surface area (Å²) in [5.74, 6) is 0. The van der Waals surface area contributed by atoms with Crippen LogP contribution in [-0.4, -0.2) is 6.54 Å². The van der Waals surface area contributed by atoms with Gasteiger partial charge in [-0.2, -0.15) is 13.2 Å². The zero-order chi connectivity index (χ0) is 12.7. The number of hydrogen-bond donors (Lipinski definition) is 0. The first-order valence-electron chi connectivity index (χ1n) is 4.88. The molecule has 6 heteroatoms. The Balaban J connectivity index is 2.59. The molecule has 1 aromatic carbocycles. The van der Waals surface area contributed by atoms with E-state index in [-0.39, 0.29) is 0 Å². The lowest BCUT2D eigenvalue weighted by molar-refractivity contribution is -0.137. The van der Waals surface area contributed by atoms with Crippen LogP contribution >= 0.6 is 0 Å². The van der Waals surface area contributed by atoms with E-state index in [9.17, 15) is 13.2 Å². The summed E-state index contributed by atoms with van der Waals surface area (Å²) >= 11 is 0. The first-order chi connectivity index (χ1) is 8.04. The molecule has 1 rings (SSSR count). The van der Waals surface area contributed by atoms with E-state index >= 15 is 0 Å². The maximum absolute atomic E-state index is 12.2. The summed E-state index contributed by atoms with van der Waals surface area (Å²) in [4.78, 5) is 2.58. The first-order valence-corrected chi connectivity index (χ1v) is 4.88. The van der Waals surface area contributed by atoms with Crippen LogP contribution in [0.5, 0.6) is 0 Å². The van der Waals surface area contributed by atoms with Crippen LogP contribution in [0, 0.1) is 0 Å². The normalized spacial score (nSPS) is 11.5. The van der Waals surface area contributed by atoms with E-state index in [1.807, 2.05) is 0 Å². The molecule has 0 heterocycles. The van der Waals surface area contributed by atoms with Gasteiger partial charge in [-0.3, -0.25) is 0 Å². The number of azide groups is 1. The van der Waals surface area contributed by atoms with Gasteiger partial charge in [0.1, 0.15) is 0 Å². The van der Waals surface area contributed by atoms with Crippen molar-refractivity contribution in [1.29, 1.82) is 0 Å². The molecule has 0 bridgehead atoms. The smallest absolute Gasteiger partial charge is 0.166 e. The summed E-state index contributed by atoms with van der Waals surface area (Å²) < 4.78 is 36.7. The van der Waals surface area contributed by atoms with Crippen molar-refractivity contribution in [3.05, 3.63) is 51.9 Å². The van der Waals surface area contributed by atoms with Gasteiger partial charge in [0.25, 0.3) is 0 Å². The van der Waals surface area contributed by atoms with Gasteiger partial charge in [0, 0.05) is 11.5 Å². The van der Waals surface area contributed by atoms with Crippen molar-refractivity contribution >= 4 is 6.08 Å². The molecule has 0 saturated carbocycles. The van der Waals surface area contributed by atoms with E-state index in [0.29, 0.717) is 18.5 Å². The summed E-state index contributed by atoms with van der Waals surface area (Å²) in [7, 11) is 0. The second-order valence-corrected chi connectivity index (χ2v) is 3.27. The maximum Gasteiger partial charge on any atom is 0.416 e. The fraction of sp³-hybridized carbons (Fsp3) is 0.273. The minimum Gasteiger partial charge on any atom is -0.166 e. The molecule has 0 aliphatic heterocycles. The third kappa shape index (κ3) is 4.61. The Morgan fingerprint density at radius 2 is 1.88 bits per heavy atom. The first kappa shape index (κ1) is 13.1. The molecular weight excluding hydrogens is 231 g/mol. The van der Waals surface area contributed by atoms with Gasteiger partial charge in [0.05, 0.1) is 5.56 Å². The molecule has 1 aromatic rings. The number of benzene rings is 1. The van der Waals surface area contributed by atoms with Gasteiger partial charge < -0.3 is 0 Å². The molecule has 0 N–H and O–H groups in total. The summed E-state index contributed by atoms with van der Waals surface area (Å²) in [5, 5.41) is 3.33. The Morgan fingerprint density at radius 3 is 2.41 bits per heavy atom. The predicted octanol–water partition coefficient (Wildman–Crippen LogP) is 4.42. The van der Waals surface area contributed by atoms with Crippen molar-refractivity contribution in [2.45, 2.75) is 12.6 Å². The maximum atomic E-state index is 12.2. The summed E-state index contributed by atoms with van der Waals surface area (Å²) in [6.07, 6.45) is -0.306. The van der Waals surface area contributed by atoms with Gasteiger partial charge in [-0.15, -0.1) is 0 Å². The SMILES string of the molecule is [N-]=[N+]=NCCC=Cc1ccc(C(F)(F)F)cc1. The predicted molar refractivity (Wildman–Crippen MR) is 59.1 cm³/mol. The van der Waals surface area contributed by atoms with Gasteiger partial charge in [-0.1, -0.05) is 29.4 Å². The summed E-state index contributed by atoms with van der Waals surface area (Å²) in [6.45, 7) is 0.341. The second-order valence-electron chi connectivity index (χ2n) is 3.27. The van der Waals surface area contributed by atoms with Crippen LogP contribution in [0.3, 0.4) is 0 Å². The average Bonchev–Trinajstić information content (AvgIpc) is 2.28. The molecule has 3 nitrogen and oxygen atoms in total. The summed E-state index contributed by atoms with van der Waals surface area (Å²) in [5.41, 5.74) is 8.03.